The molecule has 1 aromatic rings. The molecular weight excluding hydrogens is 328 g/mol. The van der Waals surface area contributed by atoms with Crippen LogP contribution in [-0.4, -0.2) is 59.3 Å². The summed E-state index contributed by atoms with van der Waals surface area (Å²) >= 11 is 5.91. The fraction of sp³-hybridized carbons (Fsp3) is 0.571. The van der Waals surface area contributed by atoms with Crippen LogP contribution in [0.2, 0.25) is 5.02 Å². The van der Waals surface area contributed by atoms with Gasteiger partial charge >= 0.3 is 0 Å². The van der Waals surface area contributed by atoms with Crippen LogP contribution in [0.25, 0.3) is 0 Å². The third-order valence-electron chi connectivity index (χ3n) is 3.32. The van der Waals surface area contributed by atoms with E-state index in [0.29, 0.717) is 43.7 Å². The monoisotopic (exact) mass is 348 g/mol. The summed E-state index contributed by atoms with van der Waals surface area (Å²) in [4.78, 5) is 2.23. The van der Waals surface area contributed by atoms with E-state index in [4.69, 9.17) is 21.1 Å². The number of ether oxygens (including phenoxy) is 2. The summed E-state index contributed by atoms with van der Waals surface area (Å²) in [5, 5.41) is 0.358. The van der Waals surface area contributed by atoms with Crippen molar-refractivity contribution in [3.63, 3.8) is 0 Å². The first kappa shape index (κ1) is 17.5. The molecule has 124 valence electrons. The maximum atomic E-state index is 12.4. The molecule has 0 saturated carbocycles. The van der Waals surface area contributed by atoms with Crippen LogP contribution in [0.1, 0.15) is 6.92 Å². The van der Waals surface area contributed by atoms with Gasteiger partial charge in [0.15, 0.2) is 0 Å². The van der Waals surface area contributed by atoms with E-state index < -0.39 is 10.0 Å². The van der Waals surface area contributed by atoms with Gasteiger partial charge in [-0.2, -0.15) is 0 Å². The van der Waals surface area contributed by atoms with Gasteiger partial charge in [0, 0.05) is 31.2 Å². The minimum atomic E-state index is -3.65. The van der Waals surface area contributed by atoms with Gasteiger partial charge in [0.05, 0.1) is 19.8 Å². The summed E-state index contributed by atoms with van der Waals surface area (Å²) in [5.41, 5.74) is 0. The van der Waals surface area contributed by atoms with Crippen molar-refractivity contribution in [1.29, 1.82) is 0 Å². The van der Waals surface area contributed by atoms with Gasteiger partial charge in [-0.05, 0) is 25.1 Å². The lowest BCUT2D eigenvalue weighted by Crippen LogP contribution is -2.41. The summed E-state index contributed by atoms with van der Waals surface area (Å²) in [6, 6.07) is 4.59. The number of hydrogen-bond acceptors (Lipinski definition) is 5. The van der Waals surface area contributed by atoms with E-state index in [1.165, 1.54) is 6.07 Å². The Balaban J connectivity index is 2.01. The predicted molar refractivity (Wildman–Crippen MR) is 85.1 cm³/mol. The number of halogens is 1. The molecule has 0 radical (unpaired) electrons. The second-order valence-electron chi connectivity index (χ2n) is 4.88. The molecule has 8 heteroatoms. The van der Waals surface area contributed by atoms with E-state index in [2.05, 4.69) is 9.62 Å². The van der Waals surface area contributed by atoms with Crippen LogP contribution >= 0.6 is 11.6 Å². The number of morpholine rings is 1. The van der Waals surface area contributed by atoms with Crippen molar-refractivity contribution in [1.82, 2.24) is 9.62 Å². The highest BCUT2D eigenvalue weighted by molar-refractivity contribution is 7.89. The second-order valence-corrected chi connectivity index (χ2v) is 7.05. The summed E-state index contributed by atoms with van der Waals surface area (Å²) in [7, 11) is -3.65. The fourth-order valence-electron chi connectivity index (χ4n) is 2.21. The van der Waals surface area contributed by atoms with Crippen molar-refractivity contribution in [3.8, 4) is 5.75 Å². The Morgan fingerprint density at radius 2 is 2.09 bits per heavy atom. The van der Waals surface area contributed by atoms with Crippen LogP contribution in [-0.2, 0) is 14.8 Å². The lowest BCUT2D eigenvalue weighted by atomic mass is 10.3. The van der Waals surface area contributed by atoms with E-state index in [0.717, 1.165) is 13.1 Å². The number of rotatable bonds is 7. The van der Waals surface area contributed by atoms with Crippen LogP contribution in [0.4, 0.5) is 0 Å². The fourth-order valence-corrected chi connectivity index (χ4v) is 3.63. The number of nitrogens with one attached hydrogen (secondary N) is 1. The van der Waals surface area contributed by atoms with Crippen molar-refractivity contribution in [3.05, 3.63) is 23.2 Å². The first-order valence-corrected chi connectivity index (χ1v) is 9.11. The minimum Gasteiger partial charge on any atom is -0.492 e. The molecule has 0 aromatic heterocycles. The minimum absolute atomic E-state index is 0.0730. The van der Waals surface area contributed by atoms with Crippen LogP contribution in [0, 0.1) is 0 Å². The smallest absolute Gasteiger partial charge is 0.244 e. The zero-order valence-electron chi connectivity index (χ0n) is 12.5. The van der Waals surface area contributed by atoms with Gasteiger partial charge in [0.2, 0.25) is 10.0 Å². The molecule has 1 saturated heterocycles. The highest BCUT2D eigenvalue weighted by atomic mass is 35.5. The molecule has 1 fully saturated rings. The van der Waals surface area contributed by atoms with E-state index in [1.54, 1.807) is 19.1 Å². The summed E-state index contributed by atoms with van der Waals surface area (Å²) in [6.45, 7) is 6.19. The Hall–Kier alpha value is -0.860. The summed E-state index contributed by atoms with van der Waals surface area (Å²) < 4.78 is 38.1. The molecule has 0 bridgehead atoms. The number of sulfonamides is 1. The Morgan fingerprint density at radius 1 is 1.36 bits per heavy atom. The molecule has 6 nitrogen and oxygen atoms in total. The van der Waals surface area contributed by atoms with E-state index >= 15 is 0 Å². The van der Waals surface area contributed by atoms with Crippen molar-refractivity contribution in [2.24, 2.45) is 0 Å². The largest absolute Gasteiger partial charge is 0.492 e. The maximum absolute atomic E-state index is 12.4. The third-order valence-corrected chi connectivity index (χ3v) is 5.04. The highest BCUT2D eigenvalue weighted by Crippen LogP contribution is 2.27. The predicted octanol–water partition coefficient (Wildman–Crippen LogP) is 1.35. The lowest BCUT2D eigenvalue weighted by Gasteiger charge is -2.26. The topological polar surface area (TPSA) is 67.9 Å². The zero-order valence-corrected chi connectivity index (χ0v) is 14.1. The maximum Gasteiger partial charge on any atom is 0.244 e. The Morgan fingerprint density at radius 3 is 2.77 bits per heavy atom. The first-order chi connectivity index (χ1) is 10.5. The Labute approximate surface area is 136 Å². The second kappa shape index (κ2) is 8.12. The normalized spacial score (nSPS) is 16.6. The molecule has 0 amide bonds. The van der Waals surface area contributed by atoms with Gasteiger partial charge in [-0.1, -0.05) is 11.6 Å². The molecule has 22 heavy (non-hydrogen) atoms. The molecule has 0 aliphatic carbocycles. The Kier molecular flexibility index (Phi) is 6.46. The average molecular weight is 349 g/mol. The van der Waals surface area contributed by atoms with Crippen molar-refractivity contribution in [2.75, 3.05) is 46.0 Å². The van der Waals surface area contributed by atoms with E-state index in [9.17, 15) is 8.42 Å². The van der Waals surface area contributed by atoms with Gasteiger partial charge in [0.25, 0.3) is 0 Å². The average Bonchev–Trinajstić information content (AvgIpc) is 2.50. The van der Waals surface area contributed by atoms with Crippen LogP contribution in [0.3, 0.4) is 0 Å². The van der Waals surface area contributed by atoms with E-state index in [1.807, 2.05) is 0 Å². The number of nitrogens with zero attached hydrogens (tertiary/aromatic N) is 1. The van der Waals surface area contributed by atoms with Crippen LogP contribution < -0.4 is 9.46 Å². The highest BCUT2D eigenvalue weighted by Gasteiger charge is 2.20. The molecule has 1 aromatic carbocycles. The zero-order chi connectivity index (χ0) is 16.0. The first-order valence-electron chi connectivity index (χ1n) is 7.25. The van der Waals surface area contributed by atoms with Crippen molar-refractivity contribution < 1.29 is 17.9 Å². The Bertz CT molecular complexity index is 589. The molecule has 2 rings (SSSR count). The van der Waals surface area contributed by atoms with Crippen LogP contribution in [0.15, 0.2) is 23.1 Å². The molecule has 0 atom stereocenters. The van der Waals surface area contributed by atoms with Crippen molar-refractivity contribution >= 4 is 21.6 Å². The SMILES string of the molecule is CCOc1ccc(Cl)cc1S(=O)(=O)NCCN1CCOCC1. The molecular formula is C14H21ClN2O4S. The quantitative estimate of drug-likeness (QED) is 0.805. The molecule has 1 aliphatic heterocycles. The molecule has 1 aliphatic rings. The molecule has 1 N–H and O–H groups in total. The van der Waals surface area contributed by atoms with E-state index in [-0.39, 0.29) is 4.90 Å². The van der Waals surface area contributed by atoms with Gasteiger partial charge in [-0.25, -0.2) is 13.1 Å². The molecule has 0 spiro atoms. The molecule has 0 unspecified atom stereocenters. The molecule has 1 heterocycles. The van der Waals surface area contributed by atoms with Crippen LogP contribution in [0.5, 0.6) is 5.75 Å². The van der Waals surface area contributed by atoms with Crippen molar-refractivity contribution in [2.45, 2.75) is 11.8 Å². The summed E-state index contributed by atoms with van der Waals surface area (Å²) in [6.07, 6.45) is 0. The number of hydrogen-bond donors (Lipinski definition) is 1. The van der Waals surface area contributed by atoms with Gasteiger partial charge < -0.3 is 9.47 Å². The van der Waals surface area contributed by atoms with Gasteiger partial charge in [0.1, 0.15) is 10.6 Å². The number of benzene rings is 1. The van der Waals surface area contributed by atoms with Gasteiger partial charge in [-0.15, -0.1) is 0 Å². The standard InChI is InChI=1S/C14H21ClN2O4S/c1-2-21-13-4-3-12(15)11-14(13)22(18,19)16-5-6-17-7-9-20-10-8-17/h3-4,11,16H,2,5-10H2,1H3. The lowest BCUT2D eigenvalue weighted by molar-refractivity contribution is 0.0390. The summed E-state index contributed by atoms with van der Waals surface area (Å²) in [5.74, 6) is 0.311. The third kappa shape index (κ3) is 4.82. The van der Waals surface area contributed by atoms with Gasteiger partial charge in [-0.3, -0.25) is 4.90 Å².